The van der Waals surface area contributed by atoms with Gasteiger partial charge in [0, 0.05) is 21.3 Å². The zero-order valence-corrected chi connectivity index (χ0v) is 19.8. The molecule has 0 aliphatic rings. The Kier molecular flexibility index (Phi) is 6.81. The van der Waals surface area contributed by atoms with Gasteiger partial charge in [-0.3, -0.25) is 9.59 Å². The van der Waals surface area contributed by atoms with Crippen LogP contribution >= 0.6 is 22.9 Å². The van der Waals surface area contributed by atoms with E-state index in [4.69, 9.17) is 16.3 Å². The van der Waals surface area contributed by atoms with Crippen LogP contribution in [0.3, 0.4) is 0 Å². The Bertz CT molecular complexity index is 1410. The molecule has 7 nitrogen and oxygen atoms in total. The highest BCUT2D eigenvalue weighted by atomic mass is 35.5. The third-order valence-corrected chi connectivity index (χ3v) is 6.64. The quantitative estimate of drug-likeness (QED) is 0.240. The molecule has 0 fully saturated rings. The molecule has 9 heteroatoms. The first-order chi connectivity index (χ1) is 16.4. The van der Waals surface area contributed by atoms with Gasteiger partial charge in [0.15, 0.2) is 11.5 Å². The van der Waals surface area contributed by atoms with E-state index in [1.807, 2.05) is 25.1 Å². The molecule has 0 aliphatic carbocycles. The van der Waals surface area contributed by atoms with E-state index in [-0.39, 0.29) is 11.7 Å². The predicted octanol–water partition coefficient (Wildman–Crippen LogP) is 5.59. The fourth-order valence-corrected chi connectivity index (χ4v) is 4.73. The van der Waals surface area contributed by atoms with Crippen LogP contribution in [0.15, 0.2) is 65.8 Å². The third-order valence-electron chi connectivity index (χ3n) is 4.98. The lowest BCUT2D eigenvalue weighted by Crippen LogP contribution is -2.17. The molecular weight excluding hydrogens is 474 g/mol. The number of hydrogen-bond donors (Lipinski definition) is 3. The summed E-state index contributed by atoms with van der Waals surface area (Å²) in [6.07, 6.45) is 1.44. The third kappa shape index (κ3) is 5.03. The molecule has 0 radical (unpaired) electrons. The van der Waals surface area contributed by atoms with Crippen molar-refractivity contribution < 1.29 is 19.4 Å². The number of methoxy groups -OCH3 is 1. The molecule has 1 heterocycles. The summed E-state index contributed by atoms with van der Waals surface area (Å²) in [6.45, 7) is 1.99. The summed E-state index contributed by atoms with van der Waals surface area (Å²) in [4.78, 5) is 25.5. The number of nitrogens with zero attached hydrogens (tertiary/aromatic N) is 1. The molecule has 4 rings (SSSR count). The summed E-state index contributed by atoms with van der Waals surface area (Å²) in [5.41, 5.74) is 5.08. The number of rotatable bonds is 6. The topological polar surface area (TPSA) is 100 Å². The molecule has 4 aromatic rings. The van der Waals surface area contributed by atoms with Crippen molar-refractivity contribution in [2.75, 3.05) is 12.4 Å². The molecule has 2 amide bonds. The number of phenolic OH excluding ortho intramolecular Hbond substituents is 1. The lowest BCUT2D eigenvalue weighted by Gasteiger charge is -2.06. The molecular formula is C25H20ClN3O4S. The number of phenols is 1. The number of aromatic hydroxyl groups is 1. The number of anilines is 1. The second-order valence-corrected chi connectivity index (χ2v) is 8.84. The van der Waals surface area contributed by atoms with Gasteiger partial charge in [0.25, 0.3) is 11.8 Å². The Labute approximate surface area is 204 Å². The first-order valence-corrected chi connectivity index (χ1v) is 11.4. The maximum atomic E-state index is 12.7. The molecule has 0 saturated heterocycles. The summed E-state index contributed by atoms with van der Waals surface area (Å²) in [7, 11) is 1.45. The van der Waals surface area contributed by atoms with E-state index in [0.29, 0.717) is 32.5 Å². The second-order valence-electron chi connectivity index (χ2n) is 7.41. The van der Waals surface area contributed by atoms with Gasteiger partial charge >= 0.3 is 0 Å². The first-order valence-electron chi connectivity index (χ1n) is 10.2. The minimum Gasteiger partial charge on any atom is -0.504 e. The number of hydrazone groups is 1. The Hall–Kier alpha value is -3.88. The average Bonchev–Trinajstić information content (AvgIpc) is 3.16. The Morgan fingerprint density at radius 2 is 1.82 bits per heavy atom. The zero-order valence-electron chi connectivity index (χ0n) is 18.3. The second kappa shape index (κ2) is 9.94. The average molecular weight is 494 g/mol. The van der Waals surface area contributed by atoms with Gasteiger partial charge in [-0.05, 0) is 66.6 Å². The van der Waals surface area contributed by atoms with Crippen LogP contribution in [0.5, 0.6) is 11.5 Å². The molecule has 172 valence electrons. The minimum absolute atomic E-state index is 0.0144. The fraction of sp³-hybridized carbons (Fsp3) is 0.0800. The van der Waals surface area contributed by atoms with E-state index in [1.54, 1.807) is 36.4 Å². The number of benzene rings is 3. The zero-order chi connectivity index (χ0) is 24.2. The highest BCUT2D eigenvalue weighted by Crippen LogP contribution is 2.36. The first kappa shape index (κ1) is 23.3. The van der Waals surface area contributed by atoms with Crippen LogP contribution in [0, 0.1) is 6.92 Å². The summed E-state index contributed by atoms with van der Waals surface area (Å²) in [6, 6.07) is 17.0. The highest BCUT2D eigenvalue weighted by Gasteiger charge is 2.17. The minimum atomic E-state index is -0.414. The molecule has 0 atom stereocenters. The van der Waals surface area contributed by atoms with Crippen LogP contribution in [0.4, 0.5) is 5.69 Å². The lowest BCUT2D eigenvalue weighted by molar-refractivity contribution is 0.0954. The van der Waals surface area contributed by atoms with Crippen LogP contribution in [0.25, 0.3) is 10.1 Å². The Morgan fingerprint density at radius 1 is 1.06 bits per heavy atom. The maximum absolute atomic E-state index is 12.7. The maximum Gasteiger partial charge on any atom is 0.271 e. The highest BCUT2D eigenvalue weighted by molar-refractivity contribution is 7.21. The van der Waals surface area contributed by atoms with Gasteiger partial charge in [-0.15, -0.1) is 11.3 Å². The van der Waals surface area contributed by atoms with Crippen molar-refractivity contribution in [1.29, 1.82) is 0 Å². The van der Waals surface area contributed by atoms with Gasteiger partial charge in [-0.25, -0.2) is 5.43 Å². The van der Waals surface area contributed by atoms with E-state index in [0.717, 1.165) is 15.6 Å². The van der Waals surface area contributed by atoms with Crippen molar-refractivity contribution in [1.82, 2.24) is 5.43 Å². The summed E-state index contributed by atoms with van der Waals surface area (Å²) < 4.78 is 5.99. The van der Waals surface area contributed by atoms with Crippen molar-refractivity contribution in [3.05, 3.63) is 87.3 Å². The van der Waals surface area contributed by atoms with Crippen LogP contribution < -0.4 is 15.5 Å². The number of fused-ring (bicyclic) bond motifs is 1. The van der Waals surface area contributed by atoms with Gasteiger partial charge in [0.2, 0.25) is 0 Å². The van der Waals surface area contributed by atoms with E-state index in [1.165, 1.54) is 30.7 Å². The number of carbonyl (C=O) groups is 2. The summed E-state index contributed by atoms with van der Waals surface area (Å²) in [5, 5.41) is 17.6. The van der Waals surface area contributed by atoms with Gasteiger partial charge < -0.3 is 15.2 Å². The smallest absolute Gasteiger partial charge is 0.271 e. The number of thiophene rings is 1. The van der Waals surface area contributed by atoms with Crippen LogP contribution in [0.1, 0.15) is 31.2 Å². The summed E-state index contributed by atoms with van der Waals surface area (Å²) >= 11 is 7.76. The van der Waals surface area contributed by atoms with E-state index < -0.39 is 5.91 Å². The predicted molar refractivity (Wildman–Crippen MR) is 136 cm³/mol. The Morgan fingerprint density at radius 3 is 2.56 bits per heavy atom. The standard InChI is InChI=1S/C25H20ClN3O4S/c1-14-3-9-18-21(11-14)34-23(22(18)26)25(32)28-17-7-5-16(6-8-17)24(31)29-27-13-15-4-10-19(30)20(12-15)33-2/h3-13,30H,1-2H3,(H,28,32)(H,29,31)/b27-13-. The van der Waals surface area contributed by atoms with E-state index >= 15 is 0 Å². The molecule has 34 heavy (non-hydrogen) atoms. The normalized spacial score (nSPS) is 11.0. The largest absolute Gasteiger partial charge is 0.504 e. The number of hydrogen-bond acceptors (Lipinski definition) is 6. The lowest BCUT2D eigenvalue weighted by atomic mass is 10.2. The van der Waals surface area contributed by atoms with E-state index in [9.17, 15) is 14.7 Å². The van der Waals surface area contributed by atoms with Crippen molar-refractivity contribution in [3.63, 3.8) is 0 Å². The SMILES string of the molecule is COc1cc(/C=N\NC(=O)c2ccc(NC(=O)c3sc4cc(C)ccc4c3Cl)cc2)ccc1O. The monoisotopic (exact) mass is 493 g/mol. The number of amides is 2. The molecule has 0 spiro atoms. The van der Waals surface area contributed by atoms with Crippen molar-refractivity contribution in [3.8, 4) is 11.5 Å². The molecule has 3 N–H and O–H groups in total. The molecule has 0 unspecified atom stereocenters. The number of nitrogens with one attached hydrogen (secondary N) is 2. The number of halogens is 1. The van der Waals surface area contributed by atoms with Gasteiger partial charge in [-0.2, -0.15) is 5.10 Å². The number of aryl methyl sites for hydroxylation is 1. The molecule has 1 aromatic heterocycles. The van der Waals surface area contributed by atoms with Crippen molar-refractivity contribution in [2.24, 2.45) is 5.10 Å². The van der Waals surface area contributed by atoms with Crippen LogP contribution in [0.2, 0.25) is 5.02 Å². The van der Waals surface area contributed by atoms with Crippen molar-refractivity contribution in [2.45, 2.75) is 6.92 Å². The number of ether oxygens (including phenoxy) is 1. The molecule has 0 saturated carbocycles. The molecule has 0 bridgehead atoms. The van der Waals surface area contributed by atoms with Crippen LogP contribution in [-0.4, -0.2) is 30.2 Å². The molecule has 3 aromatic carbocycles. The molecule has 0 aliphatic heterocycles. The van der Waals surface area contributed by atoms with Crippen LogP contribution in [-0.2, 0) is 0 Å². The van der Waals surface area contributed by atoms with E-state index in [2.05, 4.69) is 15.8 Å². The fourth-order valence-electron chi connectivity index (χ4n) is 3.22. The van der Waals surface area contributed by atoms with Crippen molar-refractivity contribution >= 4 is 56.7 Å². The summed E-state index contributed by atoms with van der Waals surface area (Å²) in [5.74, 6) is -0.404. The van der Waals surface area contributed by atoms with Gasteiger partial charge in [-0.1, -0.05) is 23.7 Å². The van der Waals surface area contributed by atoms with Gasteiger partial charge in [0.05, 0.1) is 18.3 Å². The van der Waals surface area contributed by atoms with Gasteiger partial charge in [0.1, 0.15) is 4.88 Å². The Balaban J connectivity index is 1.39. The number of carbonyl (C=O) groups excluding carboxylic acids is 2.